The van der Waals surface area contributed by atoms with E-state index >= 15 is 0 Å². The van der Waals surface area contributed by atoms with Crippen molar-refractivity contribution in [3.63, 3.8) is 0 Å². The van der Waals surface area contributed by atoms with Gasteiger partial charge in [0, 0.05) is 32.4 Å². The summed E-state index contributed by atoms with van der Waals surface area (Å²) in [4.78, 5) is 25.5. The van der Waals surface area contributed by atoms with E-state index in [2.05, 4.69) is 0 Å². The van der Waals surface area contributed by atoms with E-state index in [9.17, 15) is 31.2 Å². The summed E-state index contributed by atoms with van der Waals surface area (Å²) < 4.78 is 63.3. The lowest BCUT2D eigenvalue weighted by Gasteiger charge is -2.21. The van der Waals surface area contributed by atoms with Gasteiger partial charge in [0.15, 0.2) is 0 Å². The summed E-state index contributed by atoms with van der Waals surface area (Å²) in [5, 5.41) is 0. The SMILES string of the molecule is CS(=O)(=O)N1CCCN(C(=O)Cn2cccc(C(F)(F)F)c2=O)CC1. The third kappa shape index (κ3) is 4.82. The van der Waals surface area contributed by atoms with Gasteiger partial charge in [0.2, 0.25) is 15.9 Å². The topological polar surface area (TPSA) is 79.7 Å². The fraction of sp³-hybridized carbons (Fsp3) is 0.571. The van der Waals surface area contributed by atoms with Gasteiger partial charge in [-0.1, -0.05) is 0 Å². The molecule has 140 valence electrons. The van der Waals surface area contributed by atoms with Crippen molar-refractivity contribution in [3.05, 3.63) is 34.2 Å². The van der Waals surface area contributed by atoms with Crippen molar-refractivity contribution in [2.45, 2.75) is 19.1 Å². The number of carbonyl (C=O) groups excluding carboxylic acids is 1. The molecule has 0 unspecified atom stereocenters. The summed E-state index contributed by atoms with van der Waals surface area (Å²) in [5.41, 5.74) is -2.61. The number of amides is 1. The van der Waals surface area contributed by atoms with Crippen molar-refractivity contribution in [2.75, 3.05) is 32.4 Å². The van der Waals surface area contributed by atoms with E-state index in [1.54, 1.807) is 0 Å². The highest BCUT2D eigenvalue weighted by atomic mass is 32.2. The Labute approximate surface area is 142 Å². The first-order valence-corrected chi connectivity index (χ1v) is 9.34. The number of carbonyl (C=O) groups is 1. The minimum absolute atomic E-state index is 0.113. The summed E-state index contributed by atoms with van der Waals surface area (Å²) in [7, 11) is -3.37. The molecule has 1 amide bonds. The van der Waals surface area contributed by atoms with Crippen molar-refractivity contribution in [3.8, 4) is 0 Å². The van der Waals surface area contributed by atoms with E-state index in [1.807, 2.05) is 0 Å². The average Bonchev–Trinajstić information content (AvgIpc) is 2.73. The molecule has 1 aromatic heterocycles. The predicted molar refractivity (Wildman–Crippen MR) is 83.3 cm³/mol. The number of hydrogen-bond donors (Lipinski definition) is 0. The Bertz CT molecular complexity index is 804. The Morgan fingerprint density at radius 1 is 1.20 bits per heavy atom. The van der Waals surface area contributed by atoms with Gasteiger partial charge in [0.25, 0.3) is 5.56 Å². The van der Waals surface area contributed by atoms with Crippen molar-refractivity contribution in [1.29, 1.82) is 0 Å². The van der Waals surface area contributed by atoms with E-state index in [-0.39, 0.29) is 26.2 Å². The van der Waals surface area contributed by atoms with E-state index < -0.39 is 39.8 Å². The minimum Gasteiger partial charge on any atom is -0.340 e. The van der Waals surface area contributed by atoms with E-state index in [0.29, 0.717) is 17.1 Å². The number of nitrogens with zero attached hydrogens (tertiary/aromatic N) is 3. The smallest absolute Gasteiger partial charge is 0.340 e. The Hall–Kier alpha value is -1.88. The highest BCUT2D eigenvalue weighted by Crippen LogP contribution is 2.25. The van der Waals surface area contributed by atoms with Crippen molar-refractivity contribution >= 4 is 15.9 Å². The third-order valence-corrected chi connectivity index (χ3v) is 5.21. The minimum atomic E-state index is -4.79. The Kier molecular flexibility index (Phi) is 5.57. The molecule has 0 radical (unpaired) electrons. The number of pyridine rings is 1. The first-order chi connectivity index (χ1) is 11.5. The summed E-state index contributed by atoms with van der Waals surface area (Å²) in [6.07, 6.45) is -2.18. The second-order valence-corrected chi connectivity index (χ2v) is 7.73. The molecule has 0 aromatic carbocycles. The molecule has 1 fully saturated rings. The fourth-order valence-electron chi connectivity index (χ4n) is 2.60. The largest absolute Gasteiger partial charge is 0.421 e. The van der Waals surface area contributed by atoms with Crippen LogP contribution in [0, 0.1) is 0 Å². The monoisotopic (exact) mass is 381 g/mol. The number of aromatic nitrogens is 1. The highest BCUT2D eigenvalue weighted by Gasteiger charge is 2.34. The fourth-order valence-corrected chi connectivity index (χ4v) is 3.47. The molecule has 2 heterocycles. The number of halogens is 3. The van der Waals surface area contributed by atoms with Crippen LogP contribution in [0.4, 0.5) is 13.2 Å². The molecule has 0 spiro atoms. The zero-order valence-electron chi connectivity index (χ0n) is 13.5. The van der Waals surface area contributed by atoms with Crippen LogP contribution >= 0.6 is 0 Å². The quantitative estimate of drug-likeness (QED) is 0.757. The number of hydrogen-bond acceptors (Lipinski definition) is 4. The molecule has 2 rings (SSSR count). The molecule has 0 bridgehead atoms. The summed E-state index contributed by atoms with van der Waals surface area (Å²) >= 11 is 0. The van der Waals surface area contributed by atoms with E-state index in [0.717, 1.165) is 18.5 Å². The van der Waals surface area contributed by atoms with Crippen LogP contribution in [0.1, 0.15) is 12.0 Å². The van der Waals surface area contributed by atoms with Gasteiger partial charge >= 0.3 is 6.18 Å². The summed E-state index contributed by atoms with van der Waals surface area (Å²) in [5.74, 6) is -0.531. The molecule has 25 heavy (non-hydrogen) atoms. The van der Waals surface area contributed by atoms with Gasteiger partial charge in [-0.2, -0.15) is 13.2 Å². The van der Waals surface area contributed by atoms with Gasteiger partial charge in [-0.3, -0.25) is 9.59 Å². The normalized spacial score (nSPS) is 17.4. The van der Waals surface area contributed by atoms with E-state index in [1.165, 1.54) is 9.21 Å². The molecular formula is C14H18F3N3O4S. The maximum absolute atomic E-state index is 12.8. The lowest BCUT2D eigenvalue weighted by atomic mass is 10.2. The van der Waals surface area contributed by atoms with Crippen molar-refractivity contribution in [1.82, 2.24) is 13.8 Å². The summed E-state index contributed by atoms with van der Waals surface area (Å²) in [6.45, 7) is 0.258. The number of alkyl halides is 3. The molecule has 1 aliphatic heterocycles. The van der Waals surface area contributed by atoms with Crippen molar-refractivity contribution in [2.24, 2.45) is 0 Å². The summed E-state index contributed by atoms with van der Waals surface area (Å²) in [6, 6.07) is 1.73. The lowest BCUT2D eigenvalue weighted by Crippen LogP contribution is -2.40. The Morgan fingerprint density at radius 3 is 2.48 bits per heavy atom. The predicted octanol–water partition coefficient (Wildman–Crippen LogP) is 0.361. The zero-order valence-corrected chi connectivity index (χ0v) is 14.3. The molecule has 11 heteroatoms. The highest BCUT2D eigenvalue weighted by molar-refractivity contribution is 7.88. The van der Waals surface area contributed by atoms with Crippen LogP contribution in [0.15, 0.2) is 23.1 Å². The maximum atomic E-state index is 12.8. The average molecular weight is 381 g/mol. The number of sulfonamides is 1. The molecule has 1 saturated heterocycles. The molecule has 1 aliphatic rings. The lowest BCUT2D eigenvalue weighted by molar-refractivity contribution is -0.139. The first kappa shape index (κ1) is 19.4. The van der Waals surface area contributed by atoms with Crippen LogP contribution in [0.3, 0.4) is 0 Å². The molecule has 1 aromatic rings. The molecule has 0 N–H and O–H groups in total. The van der Waals surface area contributed by atoms with Crippen molar-refractivity contribution < 1.29 is 26.4 Å². The van der Waals surface area contributed by atoms with E-state index in [4.69, 9.17) is 0 Å². The molecule has 0 saturated carbocycles. The third-order valence-electron chi connectivity index (χ3n) is 3.91. The zero-order chi connectivity index (χ0) is 18.8. The van der Waals surface area contributed by atoms with Crippen LogP contribution in [0.25, 0.3) is 0 Å². The van der Waals surface area contributed by atoms with Crippen LogP contribution in [0.5, 0.6) is 0 Å². The van der Waals surface area contributed by atoms with Crippen LogP contribution < -0.4 is 5.56 Å². The number of rotatable bonds is 3. The molecule has 7 nitrogen and oxygen atoms in total. The van der Waals surface area contributed by atoms with Crippen LogP contribution in [-0.4, -0.2) is 60.5 Å². The molecule has 0 aliphatic carbocycles. The first-order valence-electron chi connectivity index (χ1n) is 7.49. The second kappa shape index (κ2) is 7.16. The van der Waals surface area contributed by atoms with Gasteiger partial charge < -0.3 is 9.47 Å². The van der Waals surface area contributed by atoms with Gasteiger partial charge in [-0.25, -0.2) is 12.7 Å². The van der Waals surface area contributed by atoms with Crippen LogP contribution in [-0.2, 0) is 27.5 Å². The van der Waals surface area contributed by atoms with Gasteiger partial charge in [-0.15, -0.1) is 0 Å². The Balaban J connectivity index is 2.12. The second-order valence-electron chi connectivity index (χ2n) is 5.75. The van der Waals surface area contributed by atoms with Gasteiger partial charge in [0.05, 0.1) is 6.26 Å². The maximum Gasteiger partial charge on any atom is 0.421 e. The molecule has 0 atom stereocenters. The molecular weight excluding hydrogens is 363 g/mol. The van der Waals surface area contributed by atoms with Gasteiger partial charge in [0.1, 0.15) is 12.1 Å². The standard InChI is InChI=1S/C14H18F3N3O4S/c1-25(23,24)20-7-3-6-18(8-9-20)12(21)10-19-5-2-4-11(13(19)22)14(15,16)17/h2,4-5H,3,6-10H2,1H3. The van der Waals surface area contributed by atoms with Gasteiger partial charge in [-0.05, 0) is 18.6 Å². The van der Waals surface area contributed by atoms with Crippen LogP contribution in [0.2, 0.25) is 0 Å². The Morgan fingerprint density at radius 2 is 1.88 bits per heavy atom.